The maximum absolute atomic E-state index is 13.8. The lowest BCUT2D eigenvalue weighted by atomic mass is 10.0. The molecule has 20 heavy (non-hydrogen) atoms. The molecule has 0 amide bonds. The highest BCUT2D eigenvalue weighted by molar-refractivity contribution is 14.1. The highest BCUT2D eigenvalue weighted by Crippen LogP contribution is 2.28. The highest BCUT2D eigenvalue weighted by Gasteiger charge is 2.16. The van der Waals surface area contributed by atoms with Gasteiger partial charge in [-0.05, 0) is 47.9 Å². The van der Waals surface area contributed by atoms with Crippen LogP contribution in [0, 0.1) is 15.3 Å². The van der Waals surface area contributed by atoms with Crippen LogP contribution >= 0.6 is 22.6 Å². The average Bonchev–Trinajstić information content (AvgIpc) is 2.64. The Kier molecular flexibility index (Phi) is 4.88. The van der Waals surface area contributed by atoms with Crippen LogP contribution in [0.25, 0.3) is 11.0 Å². The summed E-state index contributed by atoms with van der Waals surface area (Å²) in [5, 5.41) is 0. The molecule has 0 fully saturated rings. The first-order valence-electron chi connectivity index (χ1n) is 7.02. The number of benzene rings is 1. The molecule has 2 aromatic rings. The van der Waals surface area contributed by atoms with Gasteiger partial charge in [0.2, 0.25) is 5.95 Å². The molecule has 1 unspecified atom stereocenters. The van der Waals surface area contributed by atoms with E-state index in [2.05, 4.69) is 25.8 Å². The van der Waals surface area contributed by atoms with Gasteiger partial charge in [-0.1, -0.05) is 26.7 Å². The maximum Gasteiger partial charge on any atom is 0.201 e. The van der Waals surface area contributed by atoms with Crippen molar-refractivity contribution in [3.8, 4) is 0 Å². The average molecular weight is 389 g/mol. The van der Waals surface area contributed by atoms with Crippen LogP contribution in [0.15, 0.2) is 12.1 Å². The van der Waals surface area contributed by atoms with Gasteiger partial charge in [-0.25, -0.2) is 9.37 Å². The van der Waals surface area contributed by atoms with Gasteiger partial charge in [0.05, 0.1) is 14.6 Å². The molecular formula is C15H21FIN3. The third-order valence-corrected chi connectivity index (χ3v) is 4.43. The fourth-order valence-corrected chi connectivity index (χ4v) is 2.97. The van der Waals surface area contributed by atoms with E-state index >= 15 is 0 Å². The first-order chi connectivity index (χ1) is 9.40. The summed E-state index contributed by atoms with van der Waals surface area (Å²) in [5.41, 5.74) is 7.57. The topological polar surface area (TPSA) is 43.8 Å². The van der Waals surface area contributed by atoms with Gasteiger partial charge in [0.15, 0.2) is 0 Å². The van der Waals surface area contributed by atoms with E-state index < -0.39 is 0 Å². The number of rotatable bonds is 5. The molecule has 0 bridgehead atoms. The van der Waals surface area contributed by atoms with Crippen molar-refractivity contribution >= 4 is 39.6 Å². The molecule has 2 rings (SSSR count). The van der Waals surface area contributed by atoms with E-state index in [-0.39, 0.29) is 11.9 Å². The summed E-state index contributed by atoms with van der Waals surface area (Å²) in [6.45, 7) is 6.57. The minimum Gasteiger partial charge on any atom is -0.369 e. The first kappa shape index (κ1) is 15.5. The van der Waals surface area contributed by atoms with Gasteiger partial charge >= 0.3 is 0 Å². The molecule has 3 nitrogen and oxygen atoms in total. The number of nitrogens with zero attached hydrogens (tertiary/aromatic N) is 2. The Bertz CT molecular complexity index is 607. The van der Waals surface area contributed by atoms with E-state index in [1.54, 1.807) is 12.1 Å². The Hall–Kier alpha value is -0.850. The third kappa shape index (κ3) is 3.24. The zero-order valence-corrected chi connectivity index (χ0v) is 14.3. The van der Waals surface area contributed by atoms with Crippen LogP contribution in [-0.2, 0) is 0 Å². The molecule has 0 spiro atoms. The minimum absolute atomic E-state index is 0.214. The number of hydrogen-bond acceptors (Lipinski definition) is 2. The molecule has 0 saturated carbocycles. The summed E-state index contributed by atoms with van der Waals surface area (Å²) < 4.78 is 16.3. The third-order valence-electron chi connectivity index (χ3n) is 3.60. The van der Waals surface area contributed by atoms with Crippen LogP contribution in [0.4, 0.5) is 10.3 Å². The Morgan fingerprint density at radius 2 is 2.00 bits per heavy atom. The monoisotopic (exact) mass is 389 g/mol. The summed E-state index contributed by atoms with van der Waals surface area (Å²) in [6.07, 6.45) is 3.37. The fraction of sp³-hybridized carbons (Fsp3) is 0.533. The van der Waals surface area contributed by atoms with E-state index in [1.807, 2.05) is 27.2 Å². The zero-order valence-electron chi connectivity index (χ0n) is 12.2. The van der Waals surface area contributed by atoms with Crippen molar-refractivity contribution < 1.29 is 4.39 Å². The van der Waals surface area contributed by atoms with Crippen molar-refractivity contribution in [3.63, 3.8) is 0 Å². The Labute approximate surface area is 132 Å². The van der Waals surface area contributed by atoms with Crippen molar-refractivity contribution in [2.45, 2.75) is 46.1 Å². The Balaban J connectivity index is 2.28. The second-order valence-electron chi connectivity index (χ2n) is 5.77. The Morgan fingerprint density at radius 1 is 1.30 bits per heavy atom. The number of nitrogen functional groups attached to an aromatic ring is 1. The van der Waals surface area contributed by atoms with Crippen LogP contribution in [0.2, 0.25) is 0 Å². The van der Waals surface area contributed by atoms with E-state index in [9.17, 15) is 4.39 Å². The molecule has 1 aromatic carbocycles. The smallest absolute Gasteiger partial charge is 0.201 e. The van der Waals surface area contributed by atoms with Crippen molar-refractivity contribution in [1.29, 1.82) is 0 Å². The van der Waals surface area contributed by atoms with Crippen LogP contribution in [0.1, 0.15) is 46.1 Å². The van der Waals surface area contributed by atoms with Crippen molar-refractivity contribution in [2.75, 3.05) is 5.73 Å². The molecule has 0 aliphatic heterocycles. The predicted molar refractivity (Wildman–Crippen MR) is 90.2 cm³/mol. The molecule has 0 aliphatic rings. The number of aromatic nitrogens is 2. The number of halogens is 2. The van der Waals surface area contributed by atoms with E-state index in [0.29, 0.717) is 15.4 Å². The molecular weight excluding hydrogens is 368 g/mol. The lowest BCUT2D eigenvalue weighted by Crippen LogP contribution is -2.09. The fourth-order valence-electron chi connectivity index (χ4n) is 2.52. The summed E-state index contributed by atoms with van der Waals surface area (Å²) in [6, 6.07) is 3.52. The molecule has 0 radical (unpaired) electrons. The largest absolute Gasteiger partial charge is 0.369 e. The Morgan fingerprint density at radius 3 is 2.65 bits per heavy atom. The van der Waals surface area contributed by atoms with Crippen molar-refractivity contribution in [3.05, 3.63) is 21.5 Å². The summed E-state index contributed by atoms with van der Waals surface area (Å²) in [5.74, 6) is 0.963. The second kappa shape index (κ2) is 6.28. The molecule has 110 valence electrons. The molecule has 2 N–H and O–H groups in total. The molecule has 0 aliphatic carbocycles. The molecule has 1 aromatic heterocycles. The summed E-state index contributed by atoms with van der Waals surface area (Å²) in [4.78, 5) is 4.35. The molecule has 1 heterocycles. The summed E-state index contributed by atoms with van der Waals surface area (Å²) in [7, 11) is 0. The molecule has 0 saturated heterocycles. The van der Waals surface area contributed by atoms with Gasteiger partial charge in [0.25, 0.3) is 0 Å². The SMILES string of the molecule is CC(C)CCCC(C)n1c(N)nc2cc(I)c(F)cc21. The van der Waals surface area contributed by atoms with E-state index in [0.717, 1.165) is 23.9 Å². The van der Waals surface area contributed by atoms with E-state index in [4.69, 9.17) is 5.73 Å². The number of hydrogen-bond donors (Lipinski definition) is 1. The number of nitrogens with two attached hydrogens (primary N) is 1. The molecule has 5 heteroatoms. The van der Waals surface area contributed by atoms with Crippen LogP contribution in [0.3, 0.4) is 0 Å². The van der Waals surface area contributed by atoms with Crippen LogP contribution in [0.5, 0.6) is 0 Å². The van der Waals surface area contributed by atoms with Gasteiger partial charge < -0.3 is 10.3 Å². The van der Waals surface area contributed by atoms with Gasteiger partial charge in [-0.3, -0.25) is 0 Å². The normalized spacial score (nSPS) is 13.3. The number of imidazole rings is 1. The van der Waals surface area contributed by atoms with Gasteiger partial charge in [0.1, 0.15) is 5.82 Å². The number of fused-ring (bicyclic) bond motifs is 1. The van der Waals surface area contributed by atoms with E-state index in [1.165, 1.54) is 6.42 Å². The van der Waals surface area contributed by atoms with Crippen molar-refractivity contribution in [1.82, 2.24) is 9.55 Å². The van der Waals surface area contributed by atoms with Crippen molar-refractivity contribution in [2.24, 2.45) is 5.92 Å². The lowest BCUT2D eigenvalue weighted by Gasteiger charge is -2.16. The zero-order chi connectivity index (χ0) is 14.9. The van der Waals surface area contributed by atoms with Crippen LogP contribution in [-0.4, -0.2) is 9.55 Å². The lowest BCUT2D eigenvalue weighted by molar-refractivity contribution is 0.456. The maximum atomic E-state index is 13.8. The van der Waals surface area contributed by atoms with Gasteiger partial charge in [-0.15, -0.1) is 0 Å². The predicted octanol–water partition coefficient (Wildman–Crippen LogP) is 4.75. The van der Waals surface area contributed by atoms with Gasteiger partial charge in [-0.2, -0.15) is 0 Å². The highest BCUT2D eigenvalue weighted by atomic mass is 127. The standard InChI is InChI=1S/C15H21FIN3/c1-9(2)5-4-6-10(3)20-14-7-11(16)12(17)8-13(14)19-15(20)18/h7-10H,4-6H2,1-3H3,(H2,18,19). The first-order valence-corrected chi connectivity index (χ1v) is 8.10. The molecule has 1 atom stereocenters. The summed E-state index contributed by atoms with van der Waals surface area (Å²) >= 11 is 1.98. The van der Waals surface area contributed by atoms with Gasteiger partial charge in [0, 0.05) is 12.1 Å². The number of anilines is 1. The quantitative estimate of drug-likeness (QED) is 0.751. The minimum atomic E-state index is -0.214. The second-order valence-corrected chi connectivity index (χ2v) is 6.93. The van der Waals surface area contributed by atoms with Crippen LogP contribution < -0.4 is 5.73 Å².